The van der Waals surface area contributed by atoms with Crippen molar-refractivity contribution in [1.82, 2.24) is 52.8 Å². The van der Waals surface area contributed by atoms with E-state index in [-0.39, 0.29) is 0 Å². The highest BCUT2D eigenvalue weighted by molar-refractivity contribution is 4.74. The van der Waals surface area contributed by atoms with Gasteiger partial charge in [0.2, 0.25) is 0 Å². The number of rotatable bonds is 5. The summed E-state index contributed by atoms with van der Waals surface area (Å²) in [6, 6.07) is 2.71. The lowest BCUT2D eigenvalue weighted by molar-refractivity contribution is 0.291. The molecular weight excluding hydrogens is 1030 g/mol. The van der Waals surface area contributed by atoms with Gasteiger partial charge in [0.1, 0.15) is 0 Å². The van der Waals surface area contributed by atoms with Crippen molar-refractivity contribution in [3.63, 3.8) is 0 Å². The van der Waals surface area contributed by atoms with E-state index in [1.54, 1.807) is 0 Å². The zero-order chi connectivity index (χ0) is 61.5. The molecule has 0 radical (unpaired) electrons. The average Bonchev–Trinajstić information content (AvgIpc) is 3.56. The van der Waals surface area contributed by atoms with Crippen LogP contribution < -0.4 is 59.3 Å². The summed E-state index contributed by atoms with van der Waals surface area (Å²) in [6.07, 6.45) is 42.4. The van der Waals surface area contributed by atoms with Crippen molar-refractivity contribution in [3.05, 3.63) is 0 Å². The first-order valence-corrected chi connectivity index (χ1v) is 37.4. The molecule has 11 fully saturated rings. The van der Waals surface area contributed by atoms with E-state index in [1.165, 1.54) is 304 Å². The predicted molar refractivity (Wildman–Crippen MR) is 375 cm³/mol. The second kappa shape index (κ2) is 58.9. The summed E-state index contributed by atoms with van der Waals surface area (Å²) >= 11 is 0. The second-order valence-corrected chi connectivity index (χ2v) is 28.4. The lowest BCUT2D eigenvalue weighted by atomic mass is 9.88. The number of nitrogens with two attached hydrogens (primary N) is 2. The maximum absolute atomic E-state index is 5.70. The Labute approximate surface area is 526 Å². The van der Waals surface area contributed by atoms with Crippen LogP contribution in [0.1, 0.15) is 268 Å². The van der Waals surface area contributed by atoms with Crippen molar-refractivity contribution >= 4 is 0 Å². The van der Waals surface area contributed by atoms with Gasteiger partial charge in [0.25, 0.3) is 0 Å². The van der Waals surface area contributed by atoms with E-state index in [0.717, 1.165) is 72.5 Å². The van der Waals surface area contributed by atoms with Crippen LogP contribution in [-0.2, 0) is 0 Å². The highest BCUT2D eigenvalue weighted by Crippen LogP contribution is 2.23. The lowest BCUT2D eigenvalue weighted by Crippen LogP contribution is -2.40. The molecule has 6 atom stereocenters. The quantitative estimate of drug-likeness (QED) is 0.127. The third kappa shape index (κ3) is 51.3. The maximum Gasteiger partial charge on any atom is 0.0104 e. The van der Waals surface area contributed by atoms with Crippen LogP contribution in [0.4, 0.5) is 0 Å². The molecule has 11 rings (SSSR count). The van der Waals surface area contributed by atoms with Crippen LogP contribution in [0, 0.1) is 47.3 Å². The summed E-state index contributed by atoms with van der Waals surface area (Å²) in [4.78, 5) is 2.33. The van der Waals surface area contributed by atoms with Crippen molar-refractivity contribution in [2.24, 2.45) is 58.8 Å². The van der Waals surface area contributed by atoms with Gasteiger partial charge in [-0.25, -0.2) is 0 Å². The van der Waals surface area contributed by atoms with E-state index in [1.807, 2.05) is 0 Å². The molecule has 0 aromatic heterocycles. The van der Waals surface area contributed by atoms with Crippen molar-refractivity contribution in [3.8, 4) is 0 Å². The van der Waals surface area contributed by atoms with Crippen LogP contribution >= 0.6 is 0 Å². The van der Waals surface area contributed by atoms with Gasteiger partial charge < -0.3 is 64.2 Å². The molecule has 0 unspecified atom stereocenters. The minimum Gasteiger partial charge on any atom is -0.328 e. The van der Waals surface area contributed by atoms with E-state index in [0.29, 0.717) is 12.1 Å². The Morgan fingerprint density at radius 2 is 0.631 bits per heavy atom. The van der Waals surface area contributed by atoms with E-state index < -0.39 is 0 Å². The van der Waals surface area contributed by atoms with Crippen LogP contribution in [0.3, 0.4) is 0 Å². The summed E-state index contributed by atoms with van der Waals surface area (Å²) in [7, 11) is 2.15. The molecule has 504 valence electrons. The Balaban J connectivity index is 0.000000462. The molecule has 2 aliphatic carbocycles. The fraction of sp³-hybridized carbons (Fsp3) is 1.00. The smallest absolute Gasteiger partial charge is 0.0104 e. The van der Waals surface area contributed by atoms with Gasteiger partial charge in [-0.2, -0.15) is 0 Å². The van der Waals surface area contributed by atoms with Crippen molar-refractivity contribution in [1.29, 1.82) is 0 Å². The third-order valence-corrected chi connectivity index (χ3v) is 20.0. The van der Waals surface area contributed by atoms with Gasteiger partial charge in [-0.1, -0.05) is 101 Å². The molecular formula is C72H156N12. The summed E-state index contributed by atoms with van der Waals surface area (Å²) < 4.78 is 0. The molecule has 84 heavy (non-hydrogen) atoms. The summed E-state index contributed by atoms with van der Waals surface area (Å²) in [5, 5.41) is 30.3. The SMILES string of the molecule is CC1CCC(N)CC1.CC1CCC(N)CC1.CC1CCNCC1.CCC1CCNCC1.CC[C@@H]1CCCCN1.CC[C@@H]1CCCNC1.CC[C@H]1CCCCN1.CC[C@H]1CCCNC1.CN1CCNCC1.C[C@@H]1CCCNC1.C[C@H]1CCCNC1. The molecule has 12 nitrogen and oxygen atoms in total. The van der Waals surface area contributed by atoms with Crippen LogP contribution in [0.25, 0.3) is 0 Å². The van der Waals surface area contributed by atoms with E-state index in [4.69, 9.17) is 11.5 Å². The van der Waals surface area contributed by atoms with Crippen LogP contribution in [-0.4, -0.2) is 154 Å². The van der Waals surface area contributed by atoms with Crippen molar-refractivity contribution in [2.45, 2.75) is 292 Å². The molecule has 9 heterocycles. The highest BCUT2D eigenvalue weighted by Gasteiger charge is 2.16. The minimum absolute atomic E-state index is 0.520. The van der Waals surface area contributed by atoms with Gasteiger partial charge in [0.05, 0.1) is 0 Å². The Hall–Kier alpha value is -0.480. The lowest BCUT2D eigenvalue weighted by Gasteiger charge is -2.22. The first kappa shape index (κ1) is 81.5. The molecule has 2 saturated carbocycles. The van der Waals surface area contributed by atoms with Gasteiger partial charge in [-0.05, 0) is 313 Å². The number of hydrogen-bond acceptors (Lipinski definition) is 12. The summed E-state index contributed by atoms with van der Waals surface area (Å²) in [5.41, 5.74) is 11.4. The molecule has 9 aliphatic heterocycles. The normalized spacial score (nSPS) is 31.1. The molecule has 0 aromatic rings. The number of piperidine rings is 8. The number of nitrogens with one attached hydrogen (secondary N) is 9. The van der Waals surface area contributed by atoms with Crippen LogP contribution in [0.15, 0.2) is 0 Å². The fourth-order valence-electron chi connectivity index (χ4n) is 12.7. The zero-order valence-corrected chi connectivity index (χ0v) is 58.7. The van der Waals surface area contributed by atoms with Crippen molar-refractivity contribution in [2.75, 3.05) is 125 Å². The Morgan fingerprint density at radius 1 is 0.286 bits per heavy atom. The van der Waals surface area contributed by atoms with Crippen molar-refractivity contribution < 1.29 is 0 Å². The molecule has 12 heteroatoms. The molecule has 0 spiro atoms. The average molecular weight is 1190 g/mol. The third-order valence-electron chi connectivity index (χ3n) is 20.0. The van der Waals surface area contributed by atoms with Crippen LogP contribution in [0.2, 0.25) is 0 Å². The first-order chi connectivity index (χ1) is 40.8. The molecule has 0 bridgehead atoms. The molecule has 0 aromatic carbocycles. The Morgan fingerprint density at radius 3 is 0.821 bits per heavy atom. The molecule has 11 aliphatic rings. The molecule has 9 saturated heterocycles. The zero-order valence-electron chi connectivity index (χ0n) is 58.7. The maximum atomic E-state index is 5.70. The summed E-state index contributed by atoms with van der Waals surface area (Å²) in [5.74, 6) is 7.68. The topological polar surface area (TPSA) is 164 Å². The fourth-order valence-corrected chi connectivity index (χ4v) is 12.7. The van der Waals surface area contributed by atoms with Gasteiger partial charge in [0, 0.05) is 50.3 Å². The second-order valence-electron chi connectivity index (χ2n) is 28.4. The van der Waals surface area contributed by atoms with E-state index in [9.17, 15) is 0 Å². The number of piperazine rings is 1. The van der Waals surface area contributed by atoms with Gasteiger partial charge >= 0.3 is 0 Å². The number of likely N-dealkylation sites (N-methyl/N-ethyl adjacent to an activating group) is 1. The number of hydrogen-bond donors (Lipinski definition) is 11. The van der Waals surface area contributed by atoms with E-state index in [2.05, 4.69) is 129 Å². The Bertz CT molecular complexity index is 1050. The van der Waals surface area contributed by atoms with Gasteiger partial charge in [0.15, 0.2) is 0 Å². The largest absolute Gasteiger partial charge is 0.328 e. The van der Waals surface area contributed by atoms with Gasteiger partial charge in [-0.15, -0.1) is 0 Å². The minimum atomic E-state index is 0.520. The first-order valence-electron chi connectivity index (χ1n) is 37.4. The predicted octanol–water partition coefficient (Wildman–Crippen LogP) is 12.9. The van der Waals surface area contributed by atoms with Gasteiger partial charge in [-0.3, -0.25) is 0 Å². The molecule has 13 N–H and O–H groups in total. The van der Waals surface area contributed by atoms with E-state index >= 15 is 0 Å². The highest BCUT2D eigenvalue weighted by atomic mass is 15.2. The monoisotopic (exact) mass is 1190 g/mol. The summed E-state index contributed by atoms with van der Waals surface area (Å²) in [6.45, 7) is 45.1. The Kier molecular flexibility index (Phi) is 57.1. The number of nitrogens with zero attached hydrogens (tertiary/aromatic N) is 1. The van der Waals surface area contributed by atoms with Crippen LogP contribution in [0.5, 0.6) is 0 Å². The molecule has 0 amide bonds. The standard InChI is InChI=1S/7C7H15N.3C6H13N.C5H12N2/c2*1-6-2-4-7(8)5-3-6;1-2-7-3-5-8-6-4-7;2*1-2-7-4-3-5-8-6-7;2*1-2-7-5-3-4-6-8-7;1-6-2-4-7-5-3-6;2*1-6-3-2-4-7-5-6;1-7-4-2-6-3-5-7/h2*6-7H,2-5,8H2,1H3;5*7-8H,2-6H2,1H3;3*6-7H,2-5H2,1H3;6H,2-5H2,1H3/t;;;4*7-;;2*6-;/m...1010.10./s1.